The summed E-state index contributed by atoms with van der Waals surface area (Å²) in [4.78, 5) is 39.5. The maximum atomic E-state index is 13.2. The first-order valence-electron chi connectivity index (χ1n) is 11.4. The monoisotopic (exact) mass is 521 g/mol. The van der Waals surface area contributed by atoms with Crippen molar-refractivity contribution < 1.29 is 19.1 Å². The molecule has 1 N–H and O–H groups in total. The van der Waals surface area contributed by atoms with Crippen LogP contribution in [-0.2, 0) is 16.1 Å². The average molecular weight is 522 g/mol. The molecular weight excluding hydrogens is 498 g/mol. The number of carbonyl (C=O) groups excluding carboxylic acids is 3. The van der Waals surface area contributed by atoms with Crippen LogP contribution in [0.15, 0.2) is 64.8 Å². The maximum absolute atomic E-state index is 13.2. The number of hydrogen-bond acceptors (Lipinski definition) is 4. The number of ether oxygens (including phenoxy) is 1. The Morgan fingerprint density at radius 2 is 1.82 bits per heavy atom. The molecule has 0 spiro atoms. The van der Waals surface area contributed by atoms with Crippen LogP contribution in [-0.4, -0.2) is 40.0 Å². The molecule has 2 aromatic carbocycles. The molecule has 174 valence electrons. The van der Waals surface area contributed by atoms with Gasteiger partial charge in [0, 0.05) is 33.2 Å². The van der Waals surface area contributed by atoms with Crippen molar-refractivity contribution in [3.05, 3.63) is 70.3 Å². The number of fused-ring (bicyclic) bond motifs is 1. The van der Waals surface area contributed by atoms with E-state index in [1.54, 1.807) is 6.08 Å². The van der Waals surface area contributed by atoms with Crippen molar-refractivity contribution in [1.29, 1.82) is 0 Å². The van der Waals surface area contributed by atoms with Crippen LogP contribution in [0.3, 0.4) is 0 Å². The lowest BCUT2D eigenvalue weighted by atomic mass is 10.0. The van der Waals surface area contributed by atoms with Crippen molar-refractivity contribution in [3.63, 3.8) is 0 Å². The van der Waals surface area contributed by atoms with Crippen LogP contribution < -0.4 is 10.1 Å². The standard InChI is InChI=1S/C26H24BrN3O4/c27-18-10-11-23-21(15-18)17(16-29(23)12-13-34-20-8-2-1-3-9-20)14-22-24(31)28-26(33)30(25(22)32)19-6-4-5-7-19/h1-3,8-11,14-16,19H,4-7,12-13H2,(H,28,31,33)/b22-14-. The Morgan fingerprint density at radius 1 is 1.06 bits per heavy atom. The molecule has 2 heterocycles. The molecule has 1 aliphatic carbocycles. The quantitative estimate of drug-likeness (QED) is 0.370. The molecule has 1 aliphatic heterocycles. The maximum Gasteiger partial charge on any atom is 0.331 e. The fourth-order valence-electron chi connectivity index (χ4n) is 4.70. The summed E-state index contributed by atoms with van der Waals surface area (Å²) in [6.07, 6.45) is 7.00. The fraction of sp³-hybridized carbons (Fsp3) is 0.269. The summed E-state index contributed by atoms with van der Waals surface area (Å²) in [6, 6.07) is 14.7. The summed E-state index contributed by atoms with van der Waals surface area (Å²) in [5.74, 6) is -0.387. The third-order valence-electron chi connectivity index (χ3n) is 6.34. The molecular formula is C26H24BrN3O4. The number of benzene rings is 2. The number of hydrogen-bond donors (Lipinski definition) is 1. The van der Waals surface area contributed by atoms with E-state index in [0.717, 1.165) is 52.4 Å². The second-order valence-electron chi connectivity index (χ2n) is 8.53. The van der Waals surface area contributed by atoms with Gasteiger partial charge in [-0.3, -0.25) is 19.8 Å². The number of halogens is 1. The third kappa shape index (κ3) is 4.37. The number of para-hydroxylation sites is 1. The van der Waals surface area contributed by atoms with Gasteiger partial charge in [0.1, 0.15) is 17.9 Å². The van der Waals surface area contributed by atoms with E-state index in [0.29, 0.717) is 13.2 Å². The first-order valence-corrected chi connectivity index (χ1v) is 12.2. The molecule has 0 unspecified atom stereocenters. The summed E-state index contributed by atoms with van der Waals surface area (Å²) < 4.78 is 8.78. The lowest BCUT2D eigenvalue weighted by Crippen LogP contribution is -2.57. The molecule has 2 aliphatic rings. The SMILES string of the molecule is O=C1NC(=O)N(C2CCCC2)C(=O)/C1=C\c1cn(CCOc2ccccc2)c2ccc(Br)cc12. The van der Waals surface area contributed by atoms with Crippen LogP contribution in [0.25, 0.3) is 17.0 Å². The number of rotatable bonds is 6. The molecule has 7 nitrogen and oxygen atoms in total. The highest BCUT2D eigenvalue weighted by Crippen LogP contribution is 2.30. The number of aromatic nitrogens is 1. The number of nitrogens with zero attached hydrogens (tertiary/aromatic N) is 2. The van der Waals surface area contributed by atoms with E-state index >= 15 is 0 Å². The van der Waals surface area contributed by atoms with E-state index in [2.05, 4.69) is 21.2 Å². The van der Waals surface area contributed by atoms with Crippen LogP contribution in [0.4, 0.5) is 4.79 Å². The molecule has 34 heavy (non-hydrogen) atoms. The summed E-state index contributed by atoms with van der Waals surface area (Å²) in [6.45, 7) is 1.05. The molecule has 1 saturated heterocycles. The van der Waals surface area contributed by atoms with Gasteiger partial charge in [0.15, 0.2) is 0 Å². The number of amides is 4. The van der Waals surface area contributed by atoms with Crippen molar-refractivity contribution >= 4 is 50.8 Å². The summed E-state index contributed by atoms with van der Waals surface area (Å²) in [5.41, 5.74) is 1.67. The molecule has 4 amide bonds. The Bertz CT molecular complexity index is 1290. The highest BCUT2D eigenvalue weighted by molar-refractivity contribution is 9.10. The number of barbiturate groups is 1. The normalized spacial score (nSPS) is 18.2. The van der Waals surface area contributed by atoms with Crippen LogP contribution in [0, 0.1) is 0 Å². The van der Waals surface area contributed by atoms with Gasteiger partial charge in [-0.1, -0.05) is 47.0 Å². The number of imide groups is 2. The lowest BCUT2D eigenvalue weighted by molar-refractivity contribution is -0.131. The Labute approximate surface area is 205 Å². The Hall–Kier alpha value is -3.39. The second-order valence-corrected chi connectivity index (χ2v) is 9.45. The zero-order chi connectivity index (χ0) is 23.7. The molecule has 1 aromatic heterocycles. The van der Waals surface area contributed by atoms with Gasteiger partial charge < -0.3 is 9.30 Å². The van der Waals surface area contributed by atoms with Gasteiger partial charge in [-0.15, -0.1) is 0 Å². The molecule has 0 bridgehead atoms. The van der Waals surface area contributed by atoms with E-state index in [9.17, 15) is 14.4 Å². The topological polar surface area (TPSA) is 80.6 Å². The predicted octanol–water partition coefficient (Wildman–Crippen LogP) is 4.89. The molecule has 5 rings (SSSR count). The van der Waals surface area contributed by atoms with E-state index in [1.807, 2.05) is 59.3 Å². The number of urea groups is 1. The number of carbonyl (C=O) groups is 3. The molecule has 1 saturated carbocycles. The Kier molecular flexibility index (Phi) is 6.24. The zero-order valence-electron chi connectivity index (χ0n) is 18.5. The molecule has 0 radical (unpaired) electrons. The van der Waals surface area contributed by atoms with Gasteiger partial charge in [-0.2, -0.15) is 0 Å². The summed E-state index contributed by atoms with van der Waals surface area (Å²) in [7, 11) is 0. The summed E-state index contributed by atoms with van der Waals surface area (Å²) in [5, 5.41) is 3.24. The van der Waals surface area contributed by atoms with Crippen molar-refractivity contribution in [1.82, 2.24) is 14.8 Å². The van der Waals surface area contributed by atoms with Gasteiger partial charge in [-0.25, -0.2) is 4.79 Å². The average Bonchev–Trinajstić information content (AvgIpc) is 3.46. The predicted molar refractivity (Wildman–Crippen MR) is 132 cm³/mol. The largest absolute Gasteiger partial charge is 0.492 e. The third-order valence-corrected chi connectivity index (χ3v) is 6.83. The smallest absolute Gasteiger partial charge is 0.331 e. The fourth-order valence-corrected chi connectivity index (χ4v) is 5.06. The zero-order valence-corrected chi connectivity index (χ0v) is 20.1. The van der Waals surface area contributed by atoms with Gasteiger partial charge >= 0.3 is 6.03 Å². The van der Waals surface area contributed by atoms with Crippen molar-refractivity contribution in [2.24, 2.45) is 0 Å². The molecule has 3 aromatic rings. The van der Waals surface area contributed by atoms with E-state index in [4.69, 9.17) is 4.74 Å². The lowest BCUT2D eigenvalue weighted by Gasteiger charge is -2.31. The minimum Gasteiger partial charge on any atom is -0.492 e. The van der Waals surface area contributed by atoms with Crippen LogP contribution in [0.1, 0.15) is 31.2 Å². The number of nitrogens with one attached hydrogen (secondary N) is 1. The first-order chi connectivity index (χ1) is 16.5. The van der Waals surface area contributed by atoms with Crippen molar-refractivity contribution in [3.8, 4) is 5.75 Å². The summed E-state index contributed by atoms with van der Waals surface area (Å²) >= 11 is 3.52. The van der Waals surface area contributed by atoms with Crippen LogP contribution in [0.2, 0.25) is 0 Å². The molecule has 8 heteroatoms. The van der Waals surface area contributed by atoms with E-state index in [-0.39, 0.29) is 11.6 Å². The minimum absolute atomic E-state index is 0.0222. The van der Waals surface area contributed by atoms with Crippen LogP contribution >= 0.6 is 15.9 Å². The van der Waals surface area contributed by atoms with Crippen LogP contribution in [0.5, 0.6) is 5.75 Å². The Morgan fingerprint density at radius 3 is 2.59 bits per heavy atom. The van der Waals surface area contributed by atoms with Crippen molar-refractivity contribution in [2.45, 2.75) is 38.3 Å². The van der Waals surface area contributed by atoms with Gasteiger partial charge in [-0.05, 0) is 49.2 Å². The van der Waals surface area contributed by atoms with E-state index < -0.39 is 17.8 Å². The highest BCUT2D eigenvalue weighted by Gasteiger charge is 2.40. The first kappa shape index (κ1) is 22.4. The second kappa shape index (κ2) is 9.46. The van der Waals surface area contributed by atoms with E-state index in [1.165, 1.54) is 4.90 Å². The van der Waals surface area contributed by atoms with Crippen molar-refractivity contribution in [2.75, 3.05) is 6.61 Å². The molecule has 2 fully saturated rings. The van der Waals surface area contributed by atoms with Gasteiger partial charge in [0.05, 0.1) is 6.54 Å². The minimum atomic E-state index is -0.660. The highest BCUT2D eigenvalue weighted by atomic mass is 79.9. The Balaban J connectivity index is 1.46. The van der Waals surface area contributed by atoms with Gasteiger partial charge in [0.25, 0.3) is 11.8 Å². The molecule has 0 atom stereocenters. The van der Waals surface area contributed by atoms with Gasteiger partial charge in [0.2, 0.25) is 0 Å².